The van der Waals surface area contributed by atoms with Crippen LogP contribution in [0.25, 0.3) is 0 Å². The summed E-state index contributed by atoms with van der Waals surface area (Å²) >= 11 is 5.87. The van der Waals surface area contributed by atoms with Crippen LogP contribution in [0.3, 0.4) is 0 Å². The fourth-order valence-corrected chi connectivity index (χ4v) is 1.16. The number of hydrogen-bond donors (Lipinski definition) is 0. The van der Waals surface area contributed by atoms with E-state index in [1.165, 1.54) is 12.3 Å². The quantitative estimate of drug-likeness (QED) is 0.721. The summed E-state index contributed by atoms with van der Waals surface area (Å²) in [6.45, 7) is 3.39. The number of halogens is 1. The first kappa shape index (κ1) is 11.8. The zero-order chi connectivity index (χ0) is 11.1. The molecule has 0 N–H and O–H groups in total. The largest absolute Gasteiger partial charge is 0.474 e. The lowest BCUT2D eigenvalue weighted by molar-refractivity contribution is 0.108. The van der Waals surface area contributed by atoms with Gasteiger partial charge in [-0.2, -0.15) is 5.26 Å². The maximum atomic E-state index is 8.71. The van der Waals surface area contributed by atoms with Gasteiger partial charge in [-0.05, 0) is 13.0 Å². The van der Waals surface area contributed by atoms with Crippen molar-refractivity contribution in [1.82, 2.24) is 4.98 Å². The van der Waals surface area contributed by atoms with E-state index in [-0.39, 0.29) is 10.9 Å². The second kappa shape index (κ2) is 6.23. The summed E-state index contributed by atoms with van der Waals surface area (Å²) in [5.74, 6) is 0.274. The third kappa shape index (κ3) is 3.39. The summed E-state index contributed by atoms with van der Waals surface area (Å²) in [6, 6.07) is 3.49. The van der Waals surface area contributed by atoms with Crippen LogP contribution in [0.2, 0.25) is 5.02 Å². The molecule has 0 spiro atoms. The number of aromatic nitrogens is 1. The first-order valence-electron chi connectivity index (χ1n) is 4.54. The minimum absolute atomic E-state index is 0.247. The number of rotatable bonds is 5. The van der Waals surface area contributed by atoms with Crippen molar-refractivity contribution in [3.05, 3.63) is 22.8 Å². The molecule has 1 aromatic rings. The van der Waals surface area contributed by atoms with E-state index in [0.29, 0.717) is 25.4 Å². The average molecular weight is 227 g/mol. The lowest BCUT2D eigenvalue weighted by Crippen LogP contribution is -2.07. The summed E-state index contributed by atoms with van der Waals surface area (Å²) in [7, 11) is 0. The molecule has 5 heteroatoms. The van der Waals surface area contributed by atoms with E-state index in [0.717, 1.165) is 0 Å². The predicted molar refractivity (Wildman–Crippen MR) is 56.0 cm³/mol. The van der Waals surface area contributed by atoms with Gasteiger partial charge < -0.3 is 9.47 Å². The fourth-order valence-electron chi connectivity index (χ4n) is 0.953. The third-order valence-corrected chi connectivity index (χ3v) is 2.01. The molecule has 0 unspecified atom stereocenters. The average Bonchev–Trinajstić information content (AvgIpc) is 2.26. The van der Waals surface area contributed by atoms with Crippen LogP contribution < -0.4 is 4.74 Å². The molecule has 0 bridgehead atoms. The fraction of sp³-hybridized carbons (Fsp3) is 0.400. The molecule has 80 valence electrons. The van der Waals surface area contributed by atoms with Crippen molar-refractivity contribution in [3.8, 4) is 11.9 Å². The van der Waals surface area contributed by atoms with Gasteiger partial charge in [0, 0.05) is 12.8 Å². The number of pyridine rings is 1. The lowest BCUT2D eigenvalue weighted by Gasteiger charge is -2.06. The molecule has 1 rings (SSSR count). The van der Waals surface area contributed by atoms with Gasteiger partial charge in [0.1, 0.15) is 17.7 Å². The predicted octanol–water partition coefficient (Wildman–Crippen LogP) is 2.02. The molecule has 1 heterocycles. The minimum Gasteiger partial charge on any atom is -0.474 e. The van der Waals surface area contributed by atoms with Gasteiger partial charge in [-0.25, -0.2) is 4.98 Å². The van der Waals surface area contributed by atoms with Crippen molar-refractivity contribution in [2.45, 2.75) is 6.92 Å². The highest BCUT2D eigenvalue weighted by Gasteiger charge is 2.07. The maximum Gasteiger partial charge on any atom is 0.234 e. The first-order valence-corrected chi connectivity index (χ1v) is 4.92. The van der Waals surface area contributed by atoms with E-state index < -0.39 is 0 Å². The van der Waals surface area contributed by atoms with Gasteiger partial charge in [0.25, 0.3) is 0 Å². The molecule has 0 fully saturated rings. The van der Waals surface area contributed by atoms with Crippen LogP contribution >= 0.6 is 11.6 Å². The highest BCUT2D eigenvalue weighted by atomic mass is 35.5. The number of nitrogens with zero attached hydrogens (tertiary/aromatic N) is 2. The van der Waals surface area contributed by atoms with Gasteiger partial charge >= 0.3 is 0 Å². The zero-order valence-corrected chi connectivity index (χ0v) is 9.12. The van der Waals surface area contributed by atoms with E-state index in [1.807, 2.05) is 13.0 Å². The van der Waals surface area contributed by atoms with Crippen molar-refractivity contribution in [2.24, 2.45) is 0 Å². The second-order valence-electron chi connectivity index (χ2n) is 2.63. The molecule has 0 aliphatic rings. The number of ether oxygens (including phenoxy) is 2. The lowest BCUT2D eigenvalue weighted by atomic mass is 10.3. The smallest absolute Gasteiger partial charge is 0.234 e. The van der Waals surface area contributed by atoms with E-state index in [1.54, 1.807) is 0 Å². The monoisotopic (exact) mass is 226 g/mol. The minimum atomic E-state index is 0.247. The zero-order valence-electron chi connectivity index (χ0n) is 8.36. The molecule has 0 saturated heterocycles. The Morgan fingerprint density at radius 1 is 1.53 bits per heavy atom. The van der Waals surface area contributed by atoms with Crippen LogP contribution in [0.15, 0.2) is 12.3 Å². The Morgan fingerprint density at radius 3 is 3.00 bits per heavy atom. The molecule has 4 nitrogen and oxygen atoms in total. The molecular formula is C10H11ClN2O2. The Bertz CT molecular complexity index is 363. The summed E-state index contributed by atoms with van der Waals surface area (Å²) in [5.41, 5.74) is 0.359. The highest BCUT2D eigenvalue weighted by molar-refractivity contribution is 6.32. The van der Waals surface area contributed by atoms with Crippen LogP contribution in [-0.2, 0) is 4.74 Å². The molecule has 0 saturated carbocycles. The maximum absolute atomic E-state index is 8.71. The molecule has 1 aromatic heterocycles. The van der Waals surface area contributed by atoms with Gasteiger partial charge in [0.2, 0.25) is 5.88 Å². The Balaban J connectivity index is 2.58. The van der Waals surface area contributed by atoms with Crippen LogP contribution in [0, 0.1) is 11.3 Å². The van der Waals surface area contributed by atoms with Gasteiger partial charge in [0.05, 0.1) is 12.2 Å². The third-order valence-electron chi connectivity index (χ3n) is 1.65. The van der Waals surface area contributed by atoms with Crippen LogP contribution in [0.5, 0.6) is 5.88 Å². The Kier molecular flexibility index (Phi) is 4.88. The molecule has 0 amide bonds. The van der Waals surface area contributed by atoms with Crippen molar-refractivity contribution in [2.75, 3.05) is 19.8 Å². The van der Waals surface area contributed by atoms with Crippen molar-refractivity contribution < 1.29 is 9.47 Å². The summed E-state index contributed by atoms with van der Waals surface area (Å²) in [6.07, 6.45) is 1.49. The van der Waals surface area contributed by atoms with Crippen LogP contribution in [0.4, 0.5) is 0 Å². The number of hydrogen-bond acceptors (Lipinski definition) is 4. The van der Waals surface area contributed by atoms with Crippen molar-refractivity contribution in [1.29, 1.82) is 5.26 Å². The molecule has 0 radical (unpaired) electrons. The SMILES string of the molecule is CCOCCOc1nccc(C#N)c1Cl. The molecule has 15 heavy (non-hydrogen) atoms. The Hall–Kier alpha value is -1.31. The highest BCUT2D eigenvalue weighted by Crippen LogP contribution is 2.24. The molecule has 0 aromatic carbocycles. The summed E-state index contributed by atoms with van der Waals surface area (Å²) in [4.78, 5) is 3.92. The van der Waals surface area contributed by atoms with Gasteiger partial charge in [-0.3, -0.25) is 0 Å². The van der Waals surface area contributed by atoms with E-state index in [2.05, 4.69) is 4.98 Å². The van der Waals surface area contributed by atoms with Crippen LogP contribution in [-0.4, -0.2) is 24.8 Å². The number of nitriles is 1. The topological polar surface area (TPSA) is 55.1 Å². The van der Waals surface area contributed by atoms with Gasteiger partial charge in [0.15, 0.2) is 0 Å². The standard InChI is InChI=1S/C10H11ClN2O2/c1-2-14-5-6-15-10-9(11)8(7-12)3-4-13-10/h3-4H,2,5-6H2,1H3. The summed E-state index contributed by atoms with van der Waals surface area (Å²) in [5, 5.41) is 8.96. The van der Waals surface area contributed by atoms with Gasteiger partial charge in [-0.15, -0.1) is 0 Å². The van der Waals surface area contributed by atoms with Crippen molar-refractivity contribution in [3.63, 3.8) is 0 Å². The summed E-state index contributed by atoms with van der Waals surface area (Å²) < 4.78 is 10.4. The molecular weight excluding hydrogens is 216 g/mol. The Labute approximate surface area is 93.4 Å². The molecule has 0 aliphatic carbocycles. The molecule has 0 aliphatic heterocycles. The first-order chi connectivity index (χ1) is 7.29. The van der Waals surface area contributed by atoms with Crippen LogP contribution in [0.1, 0.15) is 12.5 Å². The normalized spacial score (nSPS) is 9.67. The van der Waals surface area contributed by atoms with E-state index in [9.17, 15) is 0 Å². The molecule has 0 atom stereocenters. The van der Waals surface area contributed by atoms with Crippen molar-refractivity contribution >= 4 is 11.6 Å². The van der Waals surface area contributed by atoms with E-state index >= 15 is 0 Å². The van der Waals surface area contributed by atoms with Gasteiger partial charge in [-0.1, -0.05) is 11.6 Å². The van der Waals surface area contributed by atoms with E-state index in [4.69, 9.17) is 26.3 Å². The second-order valence-corrected chi connectivity index (χ2v) is 3.01. The Morgan fingerprint density at radius 2 is 2.33 bits per heavy atom.